The monoisotopic (exact) mass is 223 g/mol. The molecule has 0 atom stereocenters. The molecule has 0 saturated heterocycles. The van der Waals surface area contributed by atoms with E-state index in [1.54, 1.807) is 6.20 Å². The highest BCUT2D eigenvalue weighted by Crippen LogP contribution is 2.17. The van der Waals surface area contributed by atoms with Gasteiger partial charge in [0.25, 0.3) is 0 Å². The second-order valence-corrected chi connectivity index (χ2v) is 3.78. The number of aromatic nitrogens is 2. The number of aryl methyl sites for hydroxylation is 1. The van der Waals surface area contributed by atoms with Gasteiger partial charge in [-0.15, -0.1) is 0 Å². The van der Waals surface area contributed by atoms with Crippen molar-refractivity contribution in [3.05, 3.63) is 11.8 Å². The molecule has 16 heavy (non-hydrogen) atoms. The molecule has 0 radical (unpaired) electrons. The van der Waals surface area contributed by atoms with Crippen LogP contribution in [0.15, 0.2) is 6.20 Å². The molecule has 5 heteroatoms. The Balaban J connectivity index is 2.89. The average Bonchev–Trinajstić information content (AvgIpc) is 2.32. The number of nitrogen functional groups attached to an aromatic ring is 1. The summed E-state index contributed by atoms with van der Waals surface area (Å²) >= 11 is 0. The molecule has 1 aromatic rings. The minimum atomic E-state index is 0.468. The number of nitrogens with zero attached hydrogens (tertiary/aromatic N) is 3. The van der Waals surface area contributed by atoms with Gasteiger partial charge in [0.1, 0.15) is 5.82 Å². The van der Waals surface area contributed by atoms with E-state index in [0.29, 0.717) is 5.95 Å². The third-order valence-electron chi connectivity index (χ3n) is 2.54. The molecule has 90 valence electrons. The van der Waals surface area contributed by atoms with Gasteiger partial charge in [0.2, 0.25) is 5.95 Å². The van der Waals surface area contributed by atoms with Gasteiger partial charge in [-0.2, -0.15) is 4.98 Å². The maximum absolute atomic E-state index is 5.32. The van der Waals surface area contributed by atoms with E-state index in [2.05, 4.69) is 34.1 Å². The zero-order valence-electron chi connectivity index (χ0n) is 10.3. The smallest absolute Gasteiger partial charge is 0.239 e. The normalized spacial score (nSPS) is 10.2. The standard InChI is InChI=1S/C11H21N5/c1-4-6-7-16(5-2)10-9(3)8-13-11(14-10)15-12/h8H,4-7,12H2,1-3H3,(H,13,14,15). The van der Waals surface area contributed by atoms with E-state index >= 15 is 0 Å². The molecular formula is C11H21N5. The van der Waals surface area contributed by atoms with E-state index in [1.807, 2.05) is 6.92 Å². The molecule has 0 fully saturated rings. The molecule has 1 aromatic heterocycles. The van der Waals surface area contributed by atoms with E-state index in [9.17, 15) is 0 Å². The van der Waals surface area contributed by atoms with Crippen molar-refractivity contribution in [2.24, 2.45) is 5.84 Å². The first-order chi connectivity index (χ1) is 7.72. The van der Waals surface area contributed by atoms with Crippen molar-refractivity contribution in [3.63, 3.8) is 0 Å². The minimum absolute atomic E-state index is 0.468. The van der Waals surface area contributed by atoms with E-state index in [4.69, 9.17) is 5.84 Å². The van der Waals surface area contributed by atoms with Gasteiger partial charge in [-0.25, -0.2) is 10.8 Å². The number of rotatable bonds is 6. The van der Waals surface area contributed by atoms with Gasteiger partial charge >= 0.3 is 0 Å². The zero-order chi connectivity index (χ0) is 12.0. The molecule has 0 aromatic carbocycles. The van der Waals surface area contributed by atoms with Crippen molar-refractivity contribution in [2.45, 2.75) is 33.6 Å². The summed E-state index contributed by atoms with van der Waals surface area (Å²) in [5.74, 6) is 6.76. The van der Waals surface area contributed by atoms with Gasteiger partial charge in [-0.05, 0) is 20.3 Å². The fraction of sp³-hybridized carbons (Fsp3) is 0.636. The van der Waals surface area contributed by atoms with E-state index in [-0.39, 0.29) is 0 Å². The van der Waals surface area contributed by atoms with E-state index < -0.39 is 0 Å². The topological polar surface area (TPSA) is 67.1 Å². The van der Waals surface area contributed by atoms with Crippen LogP contribution >= 0.6 is 0 Å². The van der Waals surface area contributed by atoms with Crippen molar-refractivity contribution in [1.29, 1.82) is 0 Å². The number of hydrogen-bond acceptors (Lipinski definition) is 5. The third-order valence-corrected chi connectivity index (χ3v) is 2.54. The molecule has 5 nitrogen and oxygen atoms in total. The molecule has 0 unspecified atom stereocenters. The first-order valence-electron chi connectivity index (χ1n) is 5.78. The van der Waals surface area contributed by atoms with Crippen LogP contribution in [-0.4, -0.2) is 23.1 Å². The summed E-state index contributed by atoms with van der Waals surface area (Å²) in [6.45, 7) is 8.31. The Hall–Kier alpha value is -1.36. The largest absolute Gasteiger partial charge is 0.357 e. The molecule has 3 N–H and O–H groups in total. The fourth-order valence-corrected chi connectivity index (χ4v) is 1.59. The van der Waals surface area contributed by atoms with Crippen LogP contribution in [0.2, 0.25) is 0 Å². The molecule has 0 aliphatic rings. The summed E-state index contributed by atoms with van der Waals surface area (Å²) in [6, 6.07) is 0. The number of nitrogens with two attached hydrogens (primary N) is 1. The summed E-state index contributed by atoms with van der Waals surface area (Å²) in [7, 11) is 0. The lowest BCUT2D eigenvalue weighted by Gasteiger charge is -2.23. The summed E-state index contributed by atoms with van der Waals surface area (Å²) in [5.41, 5.74) is 3.56. The molecule has 0 aliphatic heterocycles. The number of unbranched alkanes of at least 4 members (excludes halogenated alkanes) is 1. The predicted molar refractivity (Wildman–Crippen MR) is 67.4 cm³/mol. The van der Waals surface area contributed by atoms with Crippen molar-refractivity contribution >= 4 is 11.8 Å². The molecule has 0 bridgehead atoms. The number of nitrogens with one attached hydrogen (secondary N) is 1. The van der Waals surface area contributed by atoms with Gasteiger partial charge in [0.15, 0.2) is 0 Å². The predicted octanol–water partition coefficient (Wildman–Crippen LogP) is 1.70. The lowest BCUT2D eigenvalue weighted by molar-refractivity contribution is 0.721. The van der Waals surface area contributed by atoms with Crippen LogP contribution in [0.5, 0.6) is 0 Å². The average molecular weight is 223 g/mol. The van der Waals surface area contributed by atoms with Crippen molar-refractivity contribution in [2.75, 3.05) is 23.4 Å². The van der Waals surface area contributed by atoms with Gasteiger partial charge in [0, 0.05) is 24.8 Å². The molecule has 0 aliphatic carbocycles. The Morgan fingerprint density at radius 2 is 2.19 bits per heavy atom. The first-order valence-corrected chi connectivity index (χ1v) is 5.78. The van der Waals surface area contributed by atoms with Gasteiger partial charge in [0.05, 0.1) is 0 Å². The van der Waals surface area contributed by atoms with Crippen LogP contribution in [0.1, 0.15) is 32.3 Å². The summed E-state index contributed by atoms with van der Waals surface area (Å²) in [4.78, 5) is 10.7. The number of anilines is 2. The summed E-state index contributed by atoms with van der Waals surface area (Å²) in [6.07, 6.45) is 4.15. The molecular weight excluding hydrogens is 202 g/mol. The lowest BCUT2D eigenvalue weighted by Crippen LogP contribution is -2.26. The highest BCUT2D eigenvalue weighted by atomic mass is 15.3. The molecule has 0 spiro atoms. The zero-order valence-corrected chi connectivity index (χ0v) is 10.3. The van der Waals surface area contributed by atoms with Crippen LogP contribution in [0.25, 0.3) is 0 Å². The van der Waals surface area contributed by atoms with Gasteiger partial charge in [-0.1, -0.05) is 13.3 Å². The Morgan fingerprint density at radius 3 is 2.75 bits per heavy atom. The van der Waals surface area contributed by atoms with Gasteiger partial charge in [-0.3, -0.25) is 5.43 Å². The minimum Gasteiger partial charge on any atom is -0.357 e. The van der Waals surface area contributed by atoms with Crippen LogP contribution in [0.4, 0.5) is 11.8 Å². The second-order valence-electron chi connectivity index (χ2n) is 3.78. The quantitative estimate of drug-likeness (QED) is 0.567. The van der Waals surface area contributed by atoms with E-state index in [1.165, 1.54) is 12.8 Å². The summed E-state index contributed by atoms with van der Waals surface area (Å²) < 4.78 is 0. The van der Waals surface area contributed by atoms with Crippen LogP contribution < -0.4 is 16.2 Å². The third kappa shape index (κ3) is 3.06. The SMILES string of the molecule is CCCCN(CC)c1nc(NN)ncc1C. The fourth-order valence-electron chi connectivity index (χ4n) is 1.59. The van der Waals surface area contributed by atoms with Crippen LogP contribution in [0.3, 0.4) is 0 Å². The maximum Gasteiger partial charge on any atom is 0.239 e. The van der Waals surface area contributed by atoms with Crippen molar-refractivity contribution in [3.8, 4) is 0 Å². The summed E-state index contributed by atoms with van der Waals surface area (Å²) in [5, 5.41) is 0. The Labute approximate surface area is 97.0 Å². The maximum atomic E-state index is 5.32. The molecule has 1 rings (SSSR count). The molecule has 0 amide bonds. The number of hydrazine groups is 1. The van der Waals surface area contributed by atoms with Gasteiger partial charge < -0.3 is 4.90 Å². The highest BCUT2D eigenvalue weighted by Gasteiger charge is 2.10. The highest BCUT2D eigenvalue weighted by molar-refractivity contribution is 5.48. The van der Waals surface area contributed by atoms with Crippen molar-refractivity contribution in [1.82, 2.24) is 9.97 Å². The van der Waals surface area contributed by atoms with Crippen molar-refractivity contribution < 1.29 is 0 Å². The lowest BCUT2D eigenvalue weighted by atomic mass is 10.2. The Morgan fingerprint density at radius 1 is 1.44 bits per heavy atom. The Kier molecular flexibility index (Phi) is 4.98. The number of hydrogen-bond donors (Lipinski definition) is 2. The van der Waals surface area contributed by atoms with Crippen LogP contribution in [0, 0.1) is 6.92 Å². The first kappa shape index (κ1) is 12.7. The molecule has 1 heterocycles. The molecule has 0 saturated carbocycles. The van der Waals surface area contributed by atoms with E-state index in [0.717, 1.165) is 24.5 Å². The Bertz CT molecular complexity index is 326. The van der Waals surface area contributed by atoms with Crippen LogP contribution in [-0.2, 0) is 0 Å². The second kappa shape index (κ2) is 6.27.